The first-order valence-corrected chi connectivity index (χ1v) is 7.04. The fourth-order valence-corrected chi connectivity index (χ4v) is 2.46. The first-order chi connectivity index (χ1) is 9.08. The SMILES string of the molecule is CC(C)C(=O)N1CC(Cc2ccccc2)OCC1C. The molecule has 2 unspecified atom stereocenters. The zero-order valence-electron chi connectivity index (χ0n) is 12.0. The minimum Gasteiger partial charge on any atom is -0.374 e. The van der Waals surface area contributed by atoms with E-state index in [0.717, 1.165) is 6.42 Å². The highest BCUT2D eigenvalue weighted by Gasteiger charge is 2.30. The van der Waals surface area contributed by atoms with Gasteiger partial charge in [0.1, 0.15) is 0 Å². The van der Waals surface area contributed by atoms with Gasteiger partial charge in [0.05, 0.1) is 18.8 Å². The van der Waals surface area contributed by atoms with E-state index >= 15 is 0 Å². The van der Waals surface area contributed by atoms with Crippen molar-refractivity contribution in [3.8, 4) is 0 Å². The van der Waals surface area contributed by atoms with Crippen LogP contribution in [0.1, 0.15) is 26.3 Å². The van der Waals surface area contributed by atoms with Gasteiger partial charge in [-0.25, -0.2) is 0 Å². The Morgan fingerprint density at radius 2 is 2.05 bits per heavy atom. The topological polar surface area (TPSA) is 29.5 Å². The summed E-state index contributed by atoms with van der Waals surface area (Å²) in [5.74, 6) is 0.284. The monoisotopic (exact) mass is 261 g/mol. The Hall–Kier alpha value is -1.35. The maximum absolute atomic E-state index is 12.2. The number of hydrogen-bond acceptors (Lipinski definition) is 2. The molecule has 1 aliphatic heterocycles. The van der Waals surface area contributed by atoms with Crippen molar-refractivity contribution >= 4 is 5.91 Å². The largest absolute Gasteiger partial charge is 0.374 e. The molecule has 3 heteroatoms. The van der Waals surface area contributed by atoms with Crippen LogP contribution in [0, 0.1) is 5.92 Å². The smallest absolute Gasteiger partial charge is 0.225 e. The third-order valence-corrected chi connectivity index (χ3v) is 3.59. The van der Waals surface area contributed by atoms with E-state index < -0.39 is 0 Å². The number of carbonyl (C=O) groups is 1. The predicted molar refractivity (Wildman–Crippen MR) is 75.9 cm³/mol. The Bertz CT molecular complexity index is 416. The van der Waals surface area contributed by atoms with Gasteiger partial charge in [-0.1, -0.05) is 44.2 Å². The van der Waals surface area contributed by atoms with E-state index in [1.165, 1.54) is 5.56 Å². The van der Waals surface area contributed by atoms with Crippen LogP contribution in [-0.2, 0) is 16.0 Å². The summed E-state index contributed by atoms with van der Waals surface area (Å²) in [6.07, 6.45) is 0.983. The minimum atomic E-state index is 0.0536. The van der Waals surface area contributed by atoms with Crippen molar-refractivity contribution in [1.82, 2.24) is 4.90 Å². The number of benzene rings is 1. The molecule has 1 saturated heterocycles. The number of nitrogens with zero attached hydrogens (tertiary/aromatic N) is 1. The van der Waals surface area contributed by atoms with Gasteiger partial charge >= 0.3 is 0 Å². The van der Waals surface area contributed by atoms with E-state index in [1.54, 1.807) is 0 Å². The van der Waals surface area contributed by atoms with E-state index in [2.05, 4.69) is 19.1 Å². The number of hydrogen-bond donors (Lipinski definition) is 0. The highest BCUT2D eigenvalue weighted by Crippen LogP contribution is 2.17. The lowest BCUT2D eigenvalue weighted by atomic mass is 10.0. The summed E-state index contributed by atoms with van der Waals surface area (Å²) < 4.78 is 5.86. The lowest BCUT2D eigenvalue weighted by Crippen LogP contribution is -2.52. The molecule has 1 amide bonds. The fraction of sp³-hybridized carbons (Fsp3) is 0.562. The van der Waals surface area contributed by atoms with Crippen LogP contribution in [0.5, 0.6) is 0 Å². The zero-order chi connectivity index (χ0) is 13.8. The van der Waals surface area contributed by atoms with E-state index in [-0.39, 0.29) is 24.0 Å². The molecule has 1 aromatic rings. The third kappa shape index (κ3) is 3.57. The first kappa shape index (κ1) is 14.1. The van der Waals surface area contributed by atoms with Gasteiger partial charge in [0, 0.05) is 18.9 Å². The molecule has 0 spiro atoms. The number of amides is 1. The highest BCUT2D eigenvalue weighted by atomic mass is 16.5. The Morgan fingerprint density at radius 1 is 1.37 bits per heavy atom. The molecule has 0 aliphatic carbocycles. The summed E-state index contributed by atoms with van der Waals surface area (Å²) in [6, 6.07) is 10.5. The molecule has 0 N–H and O–H groups in total. The van der Waals surface area contributed by atoms with E-state index in [1.807, 2.05) is 36.9 Å². The van der Waals surface area contributed by atoms with Crippen LogP contribution >= 0.6 is 0 Å². The molecule has 0 saturated carbocycles. The van der Waals surface area contributed by atoms with Crippen molar-refractivity contribution in [1.29, 1.82) is 0 Å². The standard InChI is InChI=1S/C16H23NO2/c1-12(2)16(18)17-10-15(19-11-13(17)3)9-14-7-5-4-6-8-14/h4-8,12-13,15H,9-11H2,1-3H3. The average molecular weight is 261 g/mol. The minimum absolute atomic E-state index is 0.0536. The van der Waals surface area contributed by atoms with Crippen molar-refractivity contribution in [3.63, 3.8) is 0 Å². The Labute approximate surface area is 115 Å². The maximum atomic E-state index is 12.2. The summed E-state index contributed by atoms with van der Waals surface area (Å²) >= 11 is 0. The number of rotatable bonds is 3. The van der Waals surface area contributed by atoms with Crippen LogP contribution in [0.25, 0.3) is 0 Å². The van der Waals surface area contributed by atoms with Gasteiger partial charge < -0.3 is 9.64 Å². The van der Waals surface area contributed by atoms with Gasteiger partial charge in [-0.3, -0.25) is 4.79 Å². The van der Waals surface area contributed by atoms with Crippen LogP contribution in [0.2, 0.25) is 0 Å². The molecule has 0 radical (unpaired) electrons. The average Bonchev–Trinajstić information content (AvgIpc) is 2.41. The van der Waals surface area contributed by atoms with Gasteiger partial charge in [0.2, 0.25) is 5.91 Å². The molecule has 1 fully saturated rings. The molecule has 19 heavy (non-hydrogen) atoms. The van der Waals surface area contributed by atoms with Crippen molar-refractivity contribution in [2.45, 2.75) is 39.3 Å². The highest BCUT2D eigenvalue weighted by molar-refractivity contribution is 5.78. The number of ether oxygens (including phenoxy) is 1. The number of carbonyl (C=O) groups excluding carboxylic acids is 1. The molecule has 3 nitrogen and oxygen atoms in total. The molecule has 2 rings (SSSR count). The van der Waals surface area contributed by atoms with Crippen LogP contribution in [-0.4, -0.2) is 36.1 Å². The van der Waals surface area contributed by atoms with Crippen LogP contribution in [0.4, 0.5) is 0 Å². The maximum Gasteiger partial charge on any atom is 0.225 e. The zero-order valence-corrected chi connectivity index (χ0v) is 12.0. The van der Waals surface area contributed by atoms with E-state index in [9.17, 15) is 4.79 Å². The van der Waals surface area contributed by atoms with Crippen molar-refractivity contribution in [3.05, 3.63) is 35.9 Å². The molecular weight excluding hydrogens is 238 g/mol. The van der Waals surface area contributed by atoms with Gasteiger partial charge in [-0.15, -0.1) is 0 Å². The molecule has 1 aliphatic rings. The molecule has 0 aromatic heterocycles. The van der Waals surface area contributed by atoms with Crippen molar-refractivity contribution in [2.24, 2.45) is 5.92 Å². The molecule has 104 valence electrons. The lowest BCUT2D eigenvalue weighted by Gasteiger charge is -2.39. The van der Waals surface area contributed by atoms with Gasteiger partial charge in [0.15, 0.2) is 0 Å². The summed E-state index contributed by atoms with van der Waals surface area (Å²) in [7, 11) is 0. The van der Waals surface area contributed by atoms with Crippen LogP contribution < -0.4 is 0 Å². The summed E-state index contributed by atoms with van der Waals surface area (Å²) in [5, 5.41) is 0. The normalized spacial score (nSPS) is 23.7. The quantitative estimate of drug-likeness (QED) is 0.836. The van der Waals surface area contributed by atoms with E-state index in [4.69, 9.17) is 4.74 Å². The second-order valence-electron chi connectivity index (χ2n) is 5.64. The van der Waals surface area contributed by atoms with Gasteiger partial charge in [0.25, 0.3) is 0 Å². The second kappa shape index (κ2) is 6.20. The molecule has 0 bridgehead atoms. The number of morpholine rings is 1. The van der Waals surface area contributed by atoms with Gasteiger partial charge in [-0.2, -0.15) is 0 Å². The summed E-state index contributed by atoms with van der Waals surface area (Å²) in [4.78, 5) is 14.2. The molecule has 1 heterocycles. The van der Waals surface area contributed by atoms with E-state index in [0.29, 0.717) is 13.2 Å². The Kier molecular flexibility index (Phi) is 4.59. The third-order valence-electron chi connectivity index (χ3n) is 3.59. The molecular formula is C16H23NO2. The van der Waals surface area contributed by atoms with Crippen molar-refractivity contribution < 1.29 is 9.53 Å². The summed E-state index contributed by atoms with van der Waals surface area (Å²) in [5.41, 5.74) is 1.26. The molecule has 2 atom stereocenters. The first-order valence-electron chi connectivity index (χ1n) is 7.04. The second-order valence-corrected chi connectivity index (χ2v) is 5.64. The van der Waals surface area contributed by atoms with Crippen LogP contribution in [0.15, 0.2) is 30.3 Å². The summed E-state index contributed by atoms with van der Waals surface area (Å²) in [6.45, 7) is 7.30. The van der Waals surface area contributed by atoms with Crippen molar-refractivity contribution in [2.75, 3.05) is 13.2 Å². The Balaban J connectivity index is 1.99. The molecule has 1 aromatic carbocycles. The predicted octanol–water partition coefficient (Wildman–Crippen LogP) is 2.50. The Morgan fingerprint density at radius 3 is 2.68 bits per heavy atom. The van der Waals surface area contributed by atoms with Gasteiger partial charge in [-0.05, 0) is 12.5 Å². The fourth-order valence-electron chi connectivity index (χ4n) is 2.46. The van der Waals surface area contributed by atoms with Crippen LogP contribution in [0.3, 0.4) is 0 Å². The lowest BCUT2D eigenvalue weighted by molar-refractivity contribution is -0.147.